The van der Waals surface area contributed by atoms with Crippen LogP contribution in [-0.2, 0) is 0 Å². The van der Waals surface area contributed by atoms with Crippen molar-refractivity contribution < 1.29 is 19.7 Å². The predicted octanol–water partition coefficient (Wildman–Crippen LogP) is 6.45. The number of nitrogens with zero attached hydrogens (tertiary/aromatic N) is 1. The molecule has 5 nitrogen and oxygen atoms in total. The first kappa shape index (κ1) is 27.4. The molecule has 184 valence electrons. The van der Waals surface area contributed by atoms with E-state index in [1.54, 1.807) is 54.2 Å². The lowest BCUT2D eigenvalue weighted by atomic mass is 10.2. The van der Waals surface area contributed by atoms with Crippen LogP contribution in [0.15, 0.2) is 83.8 Å². The molecule has 34 heavy (non-hydrogen) atoms. The molecule has 0 spiro atoms. The average molecular weight is 484 g/mol. The SMILES string of the molecule is CCCCN(C)[C@@H](C)COc1ccccc1.Oc1ccc2c(c1)SCCO2.Oc1ccccc1. The van der Waals surface area contributed by atoms with Gasteiger partial charge in [0.25, 0.3) is 0 Å². The third kappa shape index (κ3) is 10.9. The van der Waals surface area contributed by atoms with Crippen LogP contribution >= 0.6 is 11.8 Å². The van der Waals surface area contributed by atoms with Gasteiger partial charge in [0.05, 0.1) is 11.5 Å². The maximum Gasteiger partial charge on any atom is 0.133 e. The van der Waals surface area contributed by atoms with Crippen LogP contribution in [0.4, 0.5) is 0 Å². The van der Waals surface area contributed by atoms with Crippen LogP contribution in [0.5, 0.6) is 23.0 Å². The van der Waals surface area contributed by atoms with E-state index in [9.17, 15) is 0 Å². The zero-order chi connectivity index (χ0) is 24.6. The second kappa shape index (κ2) is 15.9. The molecule has 3 aromatic rings. The van der Waals surface area contributed by atoms with Crippen molar-refractivity contribution in [3.8, 4) is 23.0 Å². The number of ether oxygens (including phenoxy) is 2. The Hall–Kier alpha value is -2.83. The van der Waals surface area contributed by atoms with Crippen molar-refractivity contribution >= 4 is 11.8 Å². The molecule has 0 radical (unpaired) electrons. The molecule has 6 heteroatoms. The van der Waals surface area contributed by atoms with Crippen molar-refractivity contribution in [1.29, 1.82) is 0 Å². The van der Waals surface area contributed by atoms with Gasteiger partial charge >= 0.3 is 0 Å². The first-order valence-corrected chi connectivity index (χ1v) is 12.7. The molecule has 1 heterocycles. The van der Waals surface area contributed by atoms with Crippen LogP contribution in [0.1, 0.15) is 26.7 Å². The normalized spacial score (nSPS) is 12.7. The highest BCUT2D eigenvalue weighted by Gasteiger charge is 2.10. The van der Waals surface area contributed by atoms with Gasteiger partial charge in [-0.05, 0) is 69.4 Å². The van der Waals surface area contributed by atoms with E-state index in [1.165, 1.54) is 12.8 Å². The van der Waals surface area contributed by atoms with E-state index in [0.717, 1.165) is 41.9 Å². The Kier molecular flexibility index (Phi) is 12.8. The lowest BCUT2D eigenvalue weighted by molar-refractivity contribution is 0.171. The number of phenols is 2. The zero-order valence-electron chi connectivity index (χ0n) is 20.4. The molecule has 0 fully saturated rings. The molecule has 2 N–H and O–H groups in total. The van der Waals surface area contributed by atoms with E-state index < -0.39 is 0 Å². The van der Waals surface area contributed by atoms with Gasteiger partial charge in [0.1, 0.15) is 29.6 Å². The first-order valence-electron chi connectivity index (χ1n) is 11.7. The van der Waals surface area contributed by atoms with Crippen LogP contribution in [0.2, 0.25) is 0 Å². The molecule has 4 rings (SSSR count). The Morgan fingerprint density at radius 2 is 1.65 bits per heavy atom. The number of unbranched alkanes of at least 4 members (excludes halogenated alkanes) is 1. The van der Waals surface area contributed by atoms with Crippen LogP contribution in [0.25, 0.3) is 0 Å². The van der Waals surface area contributed by atoms with E-state index in [0.29, 0.717) is 17.5 Å². The number of likely N-dealkylation sites (N-methyl/N-ethyl adjacent to an activating group) is 1. The van der Waals surface area contributed by atoms with Crippen LogP contribution in [0, 0.1) is 0 Å². The second-order valence-corrected chi connectivity index (χ2v) is 9.11. The minimum atomic E-state index is 0.307. The fourth-order valence-electron chi connectivity index (χ4n) is 2.95. The van der Waals surface area contributed by atoms with Crippen LogP contribution < -0.4 is 9.47 Å². The van der Waals surface area contributed by atoms with Crippen molar-refractivity contribution in [1.82, 2.24) is 4.90 Å². The van der Waals surface area contributed by atoms with Gasteiger partial charge in [-0.1, -0.05) is 49.7 Å². The molecule has 0 aromatic heterocycles. The number of aromatic hydroxyl groups is 2. The molecule has 1 atom stereocenters. The maximum atomic E-state index is 9.12. The summed E-state index contributed by atoms with van der Waals surface area (Å²) in [6.45, 7) is 7.10. The van der Waals surface area contributed by atoms with Gasteiger partial charge in [-0.2, -0.15) is 0 Å². The summed E-state index contributed by atoms with van der Waals surface area (Å²) in [6.07, 6.45) is 2.50. The van der Waals surface area contributed by atoms with Crippen molar-refractivity contribution in [3.05, 3.63) is 78.9 Å². The van der Waals surface area contributed by atoms with Crippen LogP contribution in [0.3, 0.4) is 0 Å². The van der Waals surface area contributed by atoms with Crippen molar-refractivity contribution in [2.75, 3.05) is 32.6 Å². The summed E-state index contributed by atoms with van der Waals surface area (Å²) in [5.41, 5.74) is 0. The zero-order valence-corrected chi connectivity index (χ0v) is 21.2. The molecular formula is C28H37NO4S. The van der Waals surface area contributed by atoms with E-state index >= 15 is 0 Å². The monoisotopic (exact) mass is 483 g/mol. The summed E-state index contributed by atoms with van der Waals surface area (Å²) >= 11 is 1.72. The molecule has 0 saturated heterocycles. The fraction of sp³-hybridized carbons (Fsp3) is 0.357. The minimum Gasteiger partial charge on any atom is -0.508 e. The Labute approximate surface area is 208 Å². The summed E-state index contributed by atoms with van der Waals surface area (Å²) in [7, 11) is 2.16. The number of thioether (sulfide) groups is 1. The van der Waals surface area contributed by atoms with Gasteiger partial charge in [-0.3, -0.25) is 0 Å². The van der Waals surface area contributed by atoms with Crippen molar-refractivity contribution in [2.24, 2.45) is 0 Å². The largest absolute Gasteiger partial charge is 0.508 e. The number of benzene rings is 3. The number of rotatable bonds is 7. The molecule has 1 aliphatic heterocycles. The highest BCUT2D eigenvalue weighted by molar-refractivity contribution is 7.99. The predicted molar refractivity (Wildman–Crippen MR) is 141 cm³/mol. The van der Waals surface area contributed by atoms with Gasteiger partial charge in [-0.25, -0.2) is 0 Å². The highest BCUT2D eigenvalue weighted by atomic mass is 32.2. The summed E-state index contributed by atoms with van der Waals surface area (Å²) in [4.78, 5) is 3.39. The van der Waals surface area contributed by atoms with E-state index in [1.807, 2.05) is 36.4 Å². The quantitative estimate of drug-likeness (QED) is 0.402. The Balaban J connectivity index is 0.000000195. The van der Waals surface area contributed by atoms with E-state index in [-0.39, 0.29) is 0 Å². The molecule has 0 bridgehead atoms. The highest BCUT2D eigenvalue weighted by Crippen LogP contribution is 2.35. The number of fused-ring (bicyclic) bond motifs is 1. The maximum absolute atomic E-state index is 9.12. The minimum absolute atomic E-state index is 0.307. The van der Waals surface area contributed by atoms with Gasteiger partial charge < -0.3 is 24.6 Å². The molecule has 0 aliphatic carbocycles. The lowest BCUT2D eigenvalue weighted by Gasteiger charge is -2.24. The van der Waals surface area contributed by atoms with Gasteiger partial charge in [0.15, 0.2) is 0 Å². The Bertz CT molecular complexity index is 924. The molecule has 1 aliphatic rings. The Morgan fingerprint density at radius 1 is 0.971 bits per heavy atom. The smallest absolute Gasteiger partial charge is 0.133 e. The van der Waals surface area contributed by atoms with Gasteiger partial charge in [0, 0.05) is 11.8 Å². The first-order chi connectivity index (χ1) is 16.5. The second-order valence-electron chi connectivity index (χ2n) is 7.97. The standard InChI is InChI=1S/C14H23NO.C8H8O2S.C6H6O/c1-4-5-11-15(3)13(2)12-16-14-9-7-6-8-10-14;9-6-1-2-7-8(5-6)11-4-3-10-7;7-6-4-2-1-3-5-6/h6-10,13H,4-5,11-12H2,1-3H3;1-2,5,9H,3-4H2;1-5,7H/t13-;;/m0../s1. The lowest BCUT2D eigenvalue weighted by Crippen LogP contribution is -2.34. The van der Waals surface area contributed by atoms with Gasteiger partial charge in [0.2, 0.25) is 0 Å². The van der Waals surface area contributed by atoms with E-state index in [2.05, 4.69) is 25.8 Å². The summed E-state index contributed by atoms with van der Waals surface area (Å²) < 4.78 is 11.1. The third-order valence-electron chi connectivity index (χ3n) is 5.13. The van der Waals surface area contributed by atoms with Gasteiger partial charge in [-0.15, -0.1) is 11.8 Å². The van der Waals surface area contributed by atoms with Crippen molar-refractivity contribution in [3.63, 3.8) is 0 Å². The third-order valence-corrected chi connectivity index (χ3v) is 6.13. The fourth-order valence-corrected chi connectivity index (χ4v) is 3.81. The molecule has 0 amide bonds. The summed E-state index contributed by atoms with van der Waals surface area (Å²) in [5, 5.41) is 17.8. The summed E-state index contributed by atoms with van der Waals surface area (Å²) in [5.74, 6) is 3.44. The average Bonchev–Trinajstić information content (AvgIpc) is 2.87. The summed E-state index contributed by atoms with van der Waals surface area (Å²) in [6, 6.07) is 24.4. The van der Waals surface area contributed by atoms with E-state index in [4.69, 9.17) is 19.7 Å². The molecule has 0 saturated carbocycles. The topological polar surface area (TPSA) is 62.2 Å². The Morgan fingerprint density at radius 3 is 2.26 bits per heavy atom. The molecule has 0 unspecified atom stereocenters. The van der Waals surface area contributed by atoms with Crippen molar-refractivity contribution in [2.45, 2.75) is 37.6 Å². The number of phenolic OH excluding ortho intramolecular Hbond substituents is 2. The number of hydrogen-bond acceptors (Lipinski definition) is 6. The number of para-hydroxylation sites is 2. The molecule has 3 aromatic carbocycles. The van der Waals surface area contributed by atoms with Crippen LogP contribution in [-0.4, -0.2) is 53.7 Å². The number of hydrogen-bond donors (Lipinski definition) is 2. The molecular weight excluding hydrogens is 446 g/mol.